The summed E-state index contributed by atoms with van der Waals surface area (Å²) in [6.45, 7) is 2.84. The van der Waals surface area contributed by atoms with Crippen molar-refractivity contribution in [2.45, 2.75) is 19.4 Å². The summed E-state index contributed by atoms with van der Waals surface area (Å²) in [6, 6.07) is 4.46. The van der Waals surface area contributed by atoms with Crippen LogP contribution in [0.5, 0.6) is 0 Å². The van der Waals surface area contributed by atoms with E-state index in [0.29, 0.717) is 10.7 Å². The number of amides is 1. The number of benzene rings is 1. The zero-order chi connectivity index (χ0) is 14.7. The van der Waals surface area contributed by atoms with E-state index in [-0.39, 0.29) is 23.4 Å². The van der Waals surface area contributed by atoms with E-state index in [2.05, 4.69) is 10.6 Å². The normalized spacial score (nSPS) is 21.6. The monoisotopic (exact) mass is 296 g/mol. The fourth-order valence-electron chi connectivity index (χ4n) is 2.30. The lowest BCUT2D eigenvalue weighted by atomic mass is 10.0. The number of anilines is 1. The Morgan fingerprint density at radius 1 is 1.45 bits per heavy atom. The van der Waals surface area contributed by atoms with Crippen molar-refractivity contribution in [3.05, 3.63) is 28.8 Å². The Balaban J connectivity index is 2.20. The number of ether oxygens (including phenoxy) is 1. The molecule has 6 heteroatoms. The maximum Gasteiger partial charge on any atom is 0.340 e. The maximum atomic E-state index is 12.2. The van der Waals surface area contributed by atoms with Gasteiger partial charge >= 0.3 is 5.97 Å². The second kappa shape index (κ2) is 6.24. The number of halogens is 1. The van der Waals surface area contributed by atoms with Gasteiger partial charge in [0.05, 0.1) is 24.4 Å². The summed E-state index contributed by atoms with van der Waals surface area (Å²) in [4.78, 5) is 23.9. The molecule has 1 heterocycles. The molecular weight excluding hydrogens is 280 g/mol. The Bertz CT molecular complexity index is 533. The van der Waals surface area contributed by atoms with Crippen LogP contribution in [0.1, 0.15) is 23.7 Å². The minimum Gasteiger partial charge on any atom is -0.465 e. The van der Waals surface area contributed by atoms with E-state index in [1.807, 2.05) is 6.92 Å². The molecule has 2 unspecified atom stereocenters. The lowest BCUT2D eigenvalue weighted by molar-refractivity contribution is -0.118. The summed E-state index contributed by atoms with van der Waals surface area (Å²) >= 11 is 5.87. The third kappa shape index (κ3) is 3.11. The summed E-state index contributed by atoms with van der Waals surface area (Å²) in [5.41, 5.74) is 0.658. The Morgan fingerprint density at radius 2 is 2.20 bits per heavy atom. The summed E-state index contributed by atoms with van der Waals surface area (Å²) in [6.07, 6.45) is 0.961. The minimum absolute atomic E-state index is 0.150. The lowest BCUT2D eigenvalue weighted by Crippen LogP contribution is -2.39. The van der Waals surface area contributed by atoms with Crippen LogP contribution in [0.2, 0.25) is 5.02 Å². The van der Waals surface area contributed by atoms with Gasteiger partial charge in [0.1, 0.15) is 0 Å². The second-order valence-electron chi connectivity index (χ2n) is 4.87. The predicted octanol–water partition coefficient (Wildman–Crippen LogP) is 2.06. The lowest BCUT2D eigenvalue weighted by Gasteiger charge is -2.17. The van der Waals surface area contributed by atoms with Gasteiger partial charge in [0, 0.05) is 5.02 Å². The maximum absolute atomic E-state index is 12.2. The van der Waals surface area contributed by atoms with Crippen molar-refractivity contribution in [3.63, 3.8) is 0 Å². The van der Waals surface area contributed by atoms with Crippen molar-refractivity contribution in [1.29, 1.82) is 0 Å². The van der Waals surface area contributed by atoms with Crippen molar-refractivity contribution in [1.82, 2.24) is 5.32 Å². The third-order valence-corrected chi connectivity index (χ3v) is 3.70. The van der Waals surface area contributed by atoms with E-state index in [9.17, 15) is 9.59 Å². The first-order valence-corrected chi connectivity index (χ1v) is 6.83. The number of carbonyl (C=O) groups excluding carboxylic acids is 2. The largest absolute Gasteiger partial charge is 0.465 e. The molecule has 2 rings (SSSR count). The molecule has 0 aromatic heterocycles. The number of methoxy groups -OCH3 is 1. The summed E-state index contributed by atoms with van der Waals surface area (Å²) < 4.78 is 4.70. The average molecular weight is 297 g/mol. The summed E-state index contributed by atoms with van der Waals surface area (Å²) in [5, 5.41) is 6.32. The van der Waals surface area contributed by atoms with E-state index >= 15 is 0 Å². The van der Waals surface area contributed by atoms with Crippen molar-refractivity contribution in [2.24, 2.45) is 5.92 Å². The van der Waals surface area contributed by atoms with Gasteiger partial charge in [-0.1, -0.05) is 18.5 Å². The number of hydrogen-bond donors (Lipinski definition) is 2. The van der Waals surface area contributed by atoms with E-state index in [4.69, 9.17) is 16.3 Å². The van der Waals surface area contributed by atoms with E-state index in [1.54, 1.807) is 12.1 Å². The molecule has 1 aromatic rings. The van der Waals surface area contributed by atoms with Gasteiger partial charge in [-0.2, -0.15) is 0 Å². The third-order valence-electron chi connectivity index (χ3n) is 3.46. The number of esters is 1. The quantitative estimate of drug-likeness (QED) is 0.838. The first-order chi connectivity index (χ1) is 9.52. The zero-order valence-corrected chi connectivity index (χ0v) is 12.2. The number of nitrogens with one attached hydrogen (secondary N) is 2. The highest BCUT2D eigenvalue weighted by atomic mass is 35.5. The molecule has 5 nitrogen and oxygen atoms in total. The first kappa shape index (κ1) is 14.8. The Kier molecular flexibility index (Phi) is 4.62. The van der Waals surface area contributed by atoms with Gasteiger partial charge in [-0.05, 0) is 37.1 Å². The molecule has 0 spiro atoms. The van der Waals surface area contributed by atoms with Crippen molar-refractivity contribution >= 4 is 29.2 Å². The first-order valence-electron chi connectivity index (χ1n) is 6.45. The predicted molar refractivity (Wildman–Crippen MR) is 77.0 cm³/mol. The molecule has 1 aliphatic heterocycles. The van der Waals surface area contributed by atoms with Crippen LogP contribution >= 0.6 is 11.6 Å². The van der Waals surface area contributed by atoms with Gasteiger partial charge in [-0.3, -0.25) is 4.79 Å². The average Bonchev–Trinajstić information content (AvgIpc) is 2.86. The molecule has 1 aliphatic rings. The molecule has 108 valence electrons. The fraction of sp³-hybridized carbons (Fsp3) is 0.429. The second-order valence-corrected chi connectivity index (χ2v) is 5.30. The molecule has 1 amide bonds. The molecule has 2 atom stereocenters. The highest BCUT2D eigenvalue weighted by molar-refractivity contribution is 6.31. The van der Waals surface area contributed by atoms with E-state index in [1.165, 1.54) is 13.2 Å². The number of carbonyl (C=O) groups is 2. The van der Waals surface area contributed by atoms with Crippen LogP contribution in [0, 0.1) is 5.92 Å². The summed E-state index contributed by atoms with van der Waals surface area (Å²) in [7, 11) is 1.29. The molecule has 20 heavy (non-hydrogen) atoms. The highest BCUT2D eigenvalue weighted by Crippen LogP contribution is 2.23. The molecule has 2 N–H and O–H groups in total. The minimum atomic E-state index is -0.532. The fourth-order valence-corrected chi connectivity index (χ4v) is 2.47. The van der Waals surface area contributed by atoms with Gasteiger partial charge in [-0.15, -0.1) is 0 Å². The van der Waals surface area contributed by atoms with Crippen LogP contribution in [-0.2, 0) is 9.53 Å². The zero-order valence-electron chi connectivity index (χ0n) is 11.4. The van der Waals surface area contributed by atoms with Crippen molar-refractivity contribution in [2.75, 3.05) is 19.0 Å². The van der Waals surface area contributed by atoms with Crippen molar-refractivity contribution < 1.29 is 14.3 Å². The molecule has 0 saturated carbocycles. The van der Waals surface area contributed by atoms with Crippen LogP contribution in [0.25, 0.3) is 0 Å². The smallest absolute Gasteiger partial charge is 0.340 e. The van der Waals surface area contributed by atoms with Crippen LogP contribution in [0.15, 0.2) is 18.2 Å². The summed E-state index contributed by atoms with van der Waals surface area (Å²) in [5.74, 6) is -0.415. The molecule has 1 aromatic carbocycles. The van der Waals surface area contributed by atoms with Crippen LogP contribution < -0.4 is 10.6 Å². The van der Waals surface area contributed by atoms with Gasteiger partial charge < -0.3 is 15.4 Å². The van der Waals surface area contributed by atoms with E-state index in [0.717, 1.165) is 13.0 Å². The molecular formula is C14H17ClN2O3. The molecule has 0 aliphatic carbocycles. The van der Waals surface area contributed by atoms with E-state index < -0.39 is 5.97 Å². The van der Waals surface area contributed by atoms with Crippen molar-refractivity contribution in [3.8, 4) is 0 Å². The van der Waals surface area contributed by atoms with Crippen LogP contribution in [0.3, 0.4) is 0 Å². The standard InChI is InChI=1S/C14H17ClN2O3/c1-8-5-6-16-12(8)13(18)17-11-4-3-9(15)7-10(11)14(19)20-2/h3-4,7-8,12,16H,5-6H2,1-2H3,(H,17,18). The Labute approximate surface area is 122 Å². The van der Waals surface area contributed by atoms with Crippen LogP contribution in [-0.4, -0.2) is 31.6 Å². The van der Waals surface area contributed by atoms with Gasteiger partial charge in [0.15, 0.2) is 0 Å². The number of hydrogen-bond acceptors (Lipinski definition) is 4. The highest BCUT2D eigenvalue weighted by Gasteiger charge is 2.29. The molecule has 0 bridgehead atoms. The van der Waals surface area contributed by atoms with Crippen LogP contribution in [0.4, 0.5) is 5.69 Å². The Morgan fingerprint density at radius 3 is 2.80 bits per heavy atom. The SMILES string of the molecule is COC(=O)c1cc(Cl)ccc1NC(=O)C1NCCC1C. The molecule has 0 radical (unpaired) electrons. The molecule has 1 saturated heterocycles. The van der Waals surface area contributed by atoms with Gasteiger partial charge in [-0.25, -0.2) is 4.79 Å². The molecule has 1 fully saturated rings. The Hall–Kier alpha value is -1.59. The topological polar surface area (TPSA) is 67.4 Å². The van der Waals surface area contributed by atoms with Gasteiger partial charge in [0.2, 0.25) is 5.91 Å². The number of rotatable bonds is 3. The van der Waals surface area contributed by atoms with Gasteiger partial charge in [0.25, 0.3) is 0 Å².